The van der Waals surface area contributed by atoms with E-state index in [0.717, 1.165) is 32.2 Å². The van der Waals surface area contributed by atoms with Crippen LogP contribution in [-0.4, -0.2) is 36.4 Å². The summed E-state index contributed by atoms with van der Waals surface area (Å²) in [7, 11) is 0. The number of carbonyl (C=O) groups is 1. The van der Waals surface area contributed by atoms with Crippen LogP contribution in [0.2, 0.25) is 0 Å². The van der Waals surface area contributed by atoms with Crippen molar-refractivity contribution in [1.29, 1.82) is 0 Å². The first-order valence-corrected chi connectivity index (χ1v) is 10.4. The van der Waals surface area contributed by atoms with Gasteiger partial charge in [-0.2, -0.15) is 0 Å². The zero-order valence-corrected chi connectivity index (χ0v) is 16.2. The number of likely N-dealkylation sites (tertiary alicyclic amines) is 1. The maximum Gasteiger partial charge on any atom is 0.226 e. The topological polar surface area (TPSA) is 38.8 Å². The van der Waals surface area contributed by atoms with E-state index in [-0.39, 0.29) is 17.2 Å². The van der Waals surface area contributed by atoms with E-state index in [0.29, 0.717) is 19.8 Å². The quantitative estimate of drug-likeness (QED) is 0.814. The van der Waals surface area contributed by atoms with Gasteiger partial charge < -0.3 is 14.4 Å². The van der Waals surface area contributed by atoms with Crippen LogP contribution in [-0.2, 0) is 26.2 Å². The van der Waals surface area contributed by atoms with Gasteiger partial charge in [0.25, 0.3) is 0 Å². The van der Waals surface area contributed by atoms with Crippen molar-refractivity contribution in [2.24, 2.45) is 5.92 Å². The zero-order valence-electron chi connectivity index (χ0n) is 16.2. The third-order valence-corrected chi connectivity index (χ3v) is 6.88. The Bertz CT molecular complexity index is 831. The van der Waals surface area contributed by atoms with Gasteiger partial charge in [-0.05, 0) is 24.0 Å². The van der Waals surface area contributed by atoms with E-state index in [1.165, 1.54) is 11.1 Å². The lowest BCUT2D eigenvalue weighted by Gasteiger charge is -2.54. The van der Waals surface area contributed by atoms with Gasteiger partial charge in [-0.3, -0.25) is 4.79 Å². The maximum atomic E-state index is 13.6. The Balaban J connectivity index is 1.47. The number of fused-ring (bicyclic) bond motifs is 1. The second-order valence-electron chi connectivity index (χ2n) is 8.39. The van der Waals surface area contributed by atoms with E-state index in [1.807, 2.05) is 24.3 Å². The Morgan fingerprint density at radius 2 is 1.61 bits per heavy atom. The van der Waals surface area contributed by atoms with Gasteiger partial charge in [-0.1, -0.05) is 60.7 Å². The van der Waals surface area contributed by atoms with Gasteiger partial charge in [0.1, 0.15) is 0 Å². The van der Waals surface area contributed by atoms with Gasteiger partial charge in [0.2, 0.25) is 5.91 Å². The first-order chi connectivity index (χ1) is 13.7. The summed E-state index contributed by atoms with van der Waals surface area (Å²) in [6.45, 7) is 2.78. The molecule has 4 heteroatoms. The van der Waals surface area contributed by atoms with E-state index < -0.39 is 5.79 Å². The van der Waals surface area contributed by atoms with E-state index in [9.17, 15) is 4.79 Å². The van der Waals surface area contributed by atoms with E-state index in [1.54, 1.807) is 0 Å². The van der Waals surface area contributed by atoms with Crippen molar-refractivity contribution in [1.82, 2.24) is 4.90 Å². The molecule has 2 saturated heterocycles. The van der Waals surface area contributed by atoms with Crippen molar-refractivity contribution >= 4 is 5.91 Å². The molecule has 2 unspecified atom stereocenters. The largest absolute Gasteiger partial charge is 0.348 e. The molecule has 4 nitrogen and oxygen atoms in total. The maximum absolute atomic E-state index is 13.6. The van der Waals surface area contributed by atoms with Crippen LogP contribution in [0.25, 0.3) is 0 Å². The Hall–Kier alpha value is -2.17. The molecule has 28 heavy (non-hydrogen) atoms. The fourth-order valence-electron chi connectivity index (χ4n) is 5.54. The molecule has 5 rings (SSSR count). The molecule has 2 heterocycles. The Labute approximate surface area is 166 Å². The van der Waals surface area contributed by atoms with Crippen LogP contribution < -0.4 is 0 Å². The number of piperidine rings is 1. The first kappa shape index (κ1) is 17.9. The summed E-state index contributed by atoms with van der Waals surface area (Å²) in [5.74, 6) is -0.230. The third-order valence-electron chi connectivity index (χ3n) is 6.88. The summed E-state index contributed by atoms with van der Waals surface area (Å²) in [5.41, 5.74) is 2.25. The highest BCUT2D eigenvalue weighted by Gasteiger charge is 2.58. The molecule has 1 saturated carbocycles. The minimum atomic E-state index is -0.506. The second kappa shape index (κ2) is 7.02. The number of nitrogens with zero attached hydrogens (tertiary/aromatic N) is 1. The predicted molar refractivity (Wildman–Crippen MR) is 107 cm³/mol. The van der Waals surface area contributed by atoms with Crippen LogP contribution in [0.1, 0.15) is 36.8 Å². The number of ether oxygens (including phenoxy) is 2. The van der Waals surface area contributed by atoms with Crippen LogP contribution in [0.4, 0.5) is 0 Å². The summed E-state index contributed by atoms with van der Waals surface area (Å²) in [4.78, 5) is 15.6. The molecule has 0 bridgehead atoms. The second-order valence-corrected chi connectivity index (χ2v) is 8.39. The molecule has 0 N–H and O–H groups in total. The summed E-state index contributed by atoms with van der Waals surface area (Å²) in [6, 6.07) is 20.9. The van der Waals surface area contributed by atoms with Crippen LogP contribution in [0, 0.1) is 5.92 Å². The number of rotatable bonds is 3. The van der Waals surface area contributed by atoms with Crippen molar-refractivity contribution in [3.8, 4) is 0 Å². The molecule has 1 amide bonds. The Kier molecular flexibility index (Phi) is 4.48. The minimum Gasteiger partial charge on any atom is -0.348 e. The van der Waals surface area contributed by atoms with Crippen LogP contribution in [0.3, 0.4) is 0 Å². The summed E-state index contributed by atoms with van der Waals surface area (Å²) < 4.78 is 12.2. The third kappa shape index (κ3) is 2.96. The van der Waals surface area contributed by atoms with Crippen LogP contribution in [0.5, 0.6) is 0 Å². The van der Waals surface area contributed by atoms with Gasteiger partial charge in [-0.25, -0.2) is 0 Å². The minimum absolute atomic E-state index is 0.00853. The lowest BCUT2D eigenvalue weighted by molar-refractivity contribution is -0.208. The van der Waals surface area contributed by atoms with E-state index in [2.05, 4.69) is 41.3 Å². The normalized spacial score (nSPS) is 29.1. The van der Waals surface area contributed by atoms with Gasteiger partial charge >= 0.3 is 0 Å². The SMILES string of the molecule is O=C1C2CCC3(CC2(c2ccccc2)CCN1Cc1ccccc1)OCCO3. The number of hydrogen-bond acceptors (Lipinski definition) is 3. The fraction of sp³-hybridized carbons (Fsp3) is 0.458. The Morgan fingerprint density at radius 3 is 2.32 bits per heavy atom. The highest BCUT2D eigenvalue weighted by atomic mass is 16.7. The van der Waals surface area contributed by atoms with Crippen molar-refractivity contribution in [2.75, 3.05) is 19.8 Å². The Morgan fingerprint density at radius 1 is 0.929 bits per heavy atom. The molecule has 0 aromatic heterocycles. The molecule has 1 spiro atoms. The summed E-state index contributed by atoms with van der Waals surface area (Å²) in [5, 5.41) is 0. The van der Waals surface area contributed by atoms with Gasteiger partial charge in [0.05, 0.1) is 13.2 Å². The molecular weight excluding hydrogens is 350 g/mol. The monoisotopic (exact) mass is 377 g/mol. The predicted octanol–water partition coefficient (Wildman–Crippen LogP) is 3.90. The molecule has 2 aromatic rings. The molecule has 2 aliphatic heterocycles. The highest BCUT2D eigenvalue weighted by molar-refractivity contribution is 5.82. The number of amides is 1. The molecular formula is C24H27NO3. The highest BCUT2D eigenvalue weighted by Crippen LogP contribution is 2.54. The molecule has 2 atom stereocenters. The van der Waals surface area contributed by atoms with E-state index in [4.69, 9.17) is 9.47 Å². The van der Waals surface area contributed by atoms with E-state index >= 15 is 0 Å². The van der Waals surface area contributed by atoms with Gasteiger partial charge in [0, 0.05) is 37.3 Å². The first-order valence-electron chi connectivity index (χ1n) is 10.4. The van der Waals surface area contributed by atoms with Crippen LogP contribution in [0.15, 0.2) is 60.7 Å². The molecule has 3 aliphatic rings. The molecule has 2 aromatic carbocycles. The summed E-state index contributed by atoms with van der Waals surface area (Å²) in [6.07, 6.45) is 3.35. The molecule has 0 radical (unpaired) electrons. The lowest BCUT2D eigenvalue weighted by atomic mass is 9.57. The number of benzene rings is 2. The van der Waals surface area contributed by atoms with Crippen molar-refractivity contribution < 1.29 is 14.3 Å². The molecule has 3 fully saturated rings. The lowest BCUT2D eigenvalue weighted by Crippen LogP contribution is -2.59. The smallest absolute Gasteiger partial charge is 0.226 e. The summed E-state index contributed by atoms with van der Waals surface area (Å²) >= 11 is 0. The van der Waals surface area contributed by atoms with Gasteiger partial charge in [0.15, 0.2) is 5.79 Å². The van der Waals surface area contributed by atoms with Crippen LogP contribution >= 0.6 is 0 Å². The van der Waals surface area contributed by atoms with Gasteiger partial charge in [-0.15, -0.1) is 0 Å². The van der Waals surface area contributed by atoms with Crippen molar-refractivity contribution in [3.63, 3.8) is 0 Å². The number of carbonyl (C=O) groups excluding carboxylic acids is 1. The fourth-order valence-corrected chi connectivity index (χ4v) is 5.54. The average Bonchev–Trinajstić information content (AvgIpc) is 3.19. The standard InChI is InChI=1S/C24H27NO3/c26-22-21-11-12-24(27-15-16-28-24)18-23(21,20-9-5-2-6-10-20)13-14-25(22)17-19-7-3-1-4-8-19/h1-10,21H,11-18H2. The number of hydrogen-bond donors (Lipinski definition) is 0. The molecule has 1 aliphatic carbocycles. The molecule has 146 valence electrons. The average molecular weight is 377 g/mol. The van der Waals surface area contributed by atoms with Crippen molar-refractivity contribution in [2.45, 2.75) is 43.4 Å². The zero-order chi connectivity index (χ0) is 19.0. The van der Waals surface area contributed by atoms with Crippen molar-refractivity contribution in [3.05, 3.63) is 71.8 Å².